The fourth-order valence-electron chi connectivity index (χ4n) is 2.13. The van der Waals surface area contributed by atoms with E-state index in [0.717, 1.165) is 6.42 Å². The van der Waals surface area contributed by atoms with Crippen molar-refractivity contribution in [3.8, 4) is 5.75 Å². The van der Waals surface area contributed by atoms with Gasteiger partial charge in [0.15, 0.2) is 5.11 Å². The Morgan fingerprint density at radius 1 is 1.19 bits per heavy atom. The number of rotatable bonds is 6. The summed E-state index contributed by atoms with van der Waals surface area (Å²) in [6.45, 7) is 4.90. The minimum Gasteiger partial charge on any atom is -0.492 e. The van der Waals surface area contributed by atoms with Gasteiger partial charge in [0.1, 0.15) is 5.75 Å². The summed E-state index contributed by atoms with van der Waals surface area (Å²) in [5, 5.41) is 6.59. The summed E-state index contributed by atoms with van der Waals surface area (Å²) in [4.78, 5) is 12.4. The van der Waals surface area contributed by atoms with E-state index in [0.29, 0.717) is 44.0 Å². The van der Waals surface area contributed by atoms with Crippen LogP contribution in [0.3, 0.4) is 0 Å². The smallest absolute Gasteiger partial charge is 0.257 e. The van der Waals surface area contributed by atoms with E-state index in [1.165, 1.54) is 0 Å². The van der Waals surface area contributed by atoms with Gasteiger partial charge in [0.25, 0.3) is 5.91 Å². The normalized spacial score (nSPS) is 10.6. The largest absolute Gasteiger partial charge is 0.492 e. The average Bonchev–Trinajstić information content (AvgIpc) is 2.54. The molecule has 0 aromatic heterocycles. The third-order valence-corrected chi connectivity index (χ3v) is 4.75. The molecule has 4 nitrogen and oxygen atoms in total. The van der Waals surface area contributed by atoms with Gasteiger partial charge in [-0.3, -0.25) is 10.1 Å². The molecular formula is C19H19BrCl2N2O2S. The number of thiocarbonyl (C=S) groups is 1. The molecule has 0 heterocycles. The first kappa shape index (κ1) is 22.0. The molecule has 8 heteroatoms. The summed E-state index contributed by atoms with van der Waals surface area (Å²) in [5.74, 6) is 0.924. The number of ether oxygens (including phenoxy) is 1. The summed E-state index contributed by atoms with van der Waals surface area (Å²) < 4.78 is 6.43. The molecule has 0 spiro atoms. The van der Waals surface area contributed by atoms with Gasteiger partial charge in [0.05, 0.1) is 11.1 Å². The minimum absolute atomic E-state index is 0.145. The Hall–Kier alpha value is -1.34. The second kappa shape index (κ2) is 10.3. The number of amides is 1. The van der Waals surface area contributed by atoms with Gasteiger partial charge in [-0.2, -0.15) is 0 Å². The van der Waals surface area contributed by atoms with Crippen LogP contribution >= 0.6 is 51.3 Å². The molecule has 0 aliphatic carbocycles. The van der Waals surface area contributed by atoms with Gasteiger partial charge in [0, 0.05) is 21.3 Å². The molecule has 2 N–H and O–H groups in total. The van der Waals surface area contributed by atoms with Crippen LogP contribution < -0.4 is 15.4 Å². The number of hydrogen-bond acceptors (Lipinski definition) is 3. The first-order valence-electron chi connectivity index (χ1n) is 8.25. The number of halogens is 3. The number of hydrogen-bond donors (Lipinski definition) is 2. The van der Waals surface area contributed by atoms with Crippen molar-refractivity contribution in [1.82, 2.24) is 5.32 Å². The Morgan fingerprint density at radius 3 is 2.44 bits per heavy atom. The average molecular weight is 490 g/mol. The lowest BCUT2D eigenvalue weighted by molar-refractivity contribution is 0.0977. The molecule has 0 saturated carbocycles. The predicted octanol–water partition coefficient (Wildman–Crippen LogP) is 6.31. The zero-order valence-corrected chi connectivity index (χ0v) is 18.7. The molecule has 2 aromatic carbocycles. The molecule has 1 amide bonds. The molecule has 0 saturated heterocycles. The van der Waals surface area contributed by atoms with Crippen LogP contribution in [0, 0.1) is 5.92 Å². The molecule has 0 aliphatic rings. The highest BCUT2D eigenvalue weighted by molar-refractivity contribution is 9.10. The molecule has 2 rings (SSSR count). The third kappa shape index (κ3) is 7.30. The van der Waals surface area contributed by atoms with E-state index in [-0.39, 0.29) is 11.0 Å². The zero-order valence-electron chi connectivity index (χ0n) is 14.8. The van der Waals surface area contributed by atoms with Crippen LogP contribution in [0.4, 0.5) is 5.69 Å². The van der Waals surface area contributed by atoms with E-state index in [1.54, 1.807) is 36.4 Å². The second-order valence-corrected chi connectivity index (χ2v) is 8.38. The van der Waals surface area contributed by atoms with Gasteiger partial charge in [-0.25, -0.2) is 0 Å². The minimum atomic E-state index is -0.338. The maximum atomic E-state index is 12.4. The maximum absolute atomic E-state index is 12.4. The van der Waals surface area contributed by atoms with Crippen molar-refractivity contribution in [1.29, 1.82) is 0 Å². The van der Waals surface area contributed by atoms with Crippen LogP contribution in [0.25, 0.3) is 0 Å². The Morgan fingerprint density at radius 2 is 1.85 bits per heavy atom. The quantitative estimate of drug-likeness (QED) is 0.467. The summed E-state index contributed by atoms with van der Waals surface area (Å²) in [6.07, 6.45) is 0.960. The predicted molar refractivity (Wildman–Crippen MR) is 119 cm³/mol. The molecular weight excluding hydrogens is 471 g/mol. The highest BCUT2D eigenvalue weighted by Crippen LogP contribution is 2.26. The lowest BCUT2D eigenvalue weighted by Gasteiger charge is -2.12. The molecule has 0 atom stereocenters. The van der Waals surface area contributed by atoms with E-state index >= 15 is 0 Å². The fourth-order valence-corrected chi connectivity index (χ4v) is 3.36. The Balaban J connectivity index is 1.96. The van der Waals surface area contributed by atoms with Gasteiger partial charge in [-0.1, -0.05) is 37.0 Å². The van der Waals surface area contributed by atoms with Gasteiger partial charge in [-0.05, 0) is 76.9 Å². The molecule has 144 valence electrons. The van der Waals surface area contributed by atoms with E-state index in [2.05, 4.69) is 40.4 Å². The standard InChI is InChI=1S/C19H19BrCl2N2O2S/c1-11(2)5-6-26-17-4-3-12(7-16(17)20)18(25)24-19(27)23-15-9-13(21)8-14(22)10-15/h3-4,7-11H,5-6H2,1-2H3,(H2,23,24,25,27). The van der Waals surface area contributed by atoms with Crippen LogP contribution in [0.5, 0.6) is 5.75 Å². The number of carbonyl (C=O) groups excluding carboxylic acids is 1. The van der Waals surface area contributed by atoms with E-state index < -0.39 is 0 Å². The molecule has 0 unspecified atom stereocenters. The monoisotopic (exact) mass is 488 g/mol. The maximum Gasteiger partial charge on any atom is 0.257 e. The van der Waals surface area contributed by atoms with Gasteiger partial charge < -0.3 is 10.1 Å². The SMILES string of the molecule is CC(C)CCOc1ccc(C(=O)NC(=S)Nc2cc(Cl)cc(Cl)c2)cc1Br. The van der Waals surface area contributed by atoms with Crippen molar-refractivity contribution in [2.45, 2.75) is 20.3 Å². The van der Waals surface area contributed by atoms with Crippen molar-refractivity contribution in [2.24, 2.45) is 5.92 Å². The molecule has 0 radical (unpaired) electrons. The fraction of sp³-hybridized carbons (Fsp3) is 0.263. The summed E-state index contributed by atoms with van der Waals surface area (Å²) in [7, 11) is 0. The number of benzene rings is 2. The Labute approximate surface area is 182 Å². The van der Waals surface area contributed by atoms with E-state index in [9.17, 15) is 4.79 Å². The topological polar surface area (TPSA) is 50.4 Å². The van der Waals surface area contributed by atoms with Crippen molar-refractivity contribution >= 4 is 68.1 Å². The number of anilines is 1. The Bertz CT molecular complexity index is 826. The first-order valence-corrected chi connectivity index (χ1v) is 10.2. The van der Waals surface area contributed by atoms with Crippen molar-refractivity contribution < 1.29 is 9.53 Å². The second-order valence-electron chi connectivity index (χ2n) is 6.24. The van der Waals surface area contributed by atoms with Crippen molar-refractivity contribution in [3.63, 3.8) is 0 Å². The first-order chi connectivity index (χ1) is 12.7. The number of nitrogens with one attached hydrogen (secondary N) is 2. The summed E-state index contributed by atoms with van der Waals surface area (Å²) >= 11 is 20.5. The van der Waals surface area contributed by atoms with E-state index in [4.69, 9.17) is 40.2 Å². The zero-order chi connectivity index (χ0) is 20.0. The van der Waals surface area contributed by atoms with Gasteiger partial charge in [0.2, 0.25) is 0 Å². The highest BCUT2D eigenvalue weighted by Gasteiger charge is 2.11. The van der Waals surface area contributed by atoms with Crippen LogP contribution in [0.2, 0.25) is 10.0 Å². The molecule has 0 bridgehead atoms. The highest BCUT2D eigenvalue weighted by atomic mass is 79.9. The third-order valence-electron chi connectivity index (χ3n) is 3.49. The molecule has 2 aromatic rings. The van der Waals surface area contributed by atoms with Crippen molar-refractivity contribution in [3.05, 3.63) is 56.5 Å². The molecule has 27 heavy (non-hydrogen) atoms. The van der Waals surface area contributed by atoms with Crippen LogP contribution in [0.1, 0.15) is 30.6 Å². The van der Waals surface area contributed by atoms with Gasteiger partial charge in [-0.15, -0.1) is 0 Å². The number of carbonyl (C=O) groups is 1. The molecule has 0 aliphatic heterocycles. The Kier molecular flexibility index (Phi) is 8.35. The lowest BCUT2D eigenvalue weighted by Crippen LogP contribution is -2.34. The van der Waals surface area contributed by atoms with Gasteiger partial charge >= 0.3 is 0 Å². The summed E-state index contributed by atoms with van der Waals surface area (Å²) in [5.41, 5.74) is 1.04. The summed E-state index contributed by atoms with van der Waals surface area (Å²) in [6, 6.07) is 10.1. The molecule has 0 fully saturated rings. The van der Waals surface area contributed by atoms with Crippen LogP contribution in [0.15, 0.2) is 40.9 Å². The van der Waals surface area contributed by atoms with Crippen LogP contribution in [-0.2, 0) is 0 Å². The van der Waals surface area contributed by atoms with E-state index in [1.807, 2.05) is 0 Å². The van der Waals surface area contributed by atoms with Crippen LogP contribution in [-0.4, -0.2) is 17.6 Å². The van der Waals surface area contributed by atoms with Crippen molar-refractivity contribution in [2.75, 3.05) is 11.9 Å². The lowest BCUT2D eigenvalue weighted by atomic mass is 10.1.